The molecule has 0 bridgehead atoms. The summed E-state index contributed by atoms with van der Waals surface area (Å²) in [6.45, 7) is 2.42. The molecule has 1 fully saturated rings. The van der Waals surface area contributed by atoms with Gasteiger partial charge in [0.15, 0.2) is 0 Å². The van der Waals surface area contributed by atoms with E-state index in [2.05, 4.69) is 10.1 Å². The van der Waals surface area contributed by atoms with E-state index >= 15 is 0 Å². The molecule has 0 spiro atoms. The number of hydrogen-bond acceptors (Lipinski definition) is 3. The van der Waals surface area contributed by atoms with E-state index in [4.69, 9.17) is 4.74 Å². The van der Waals surface area contributed by atoms with E-state index in [0.29, 0.717) is 18.1 Å². The van der Waals surface area contributed by atoms with Crippen LogP contribution in [-0.4, -0.2) is 26.1 Å². The van der Waals surface area contributed by atoms with E-state index in [9.17, 15) is 13.2 Å². The van der Waals surface area contributed by atoms with Gasteiger partial charge in [-0.3, -0.25) is 0 Å². The van der Waals surface area contributed by atoms with Crippen molar-refractivity contribution in [3.63, 3.8) is 0 Å². The van der Waals surface area contributed by atoms with Crippen molar-refractivity contribution in [3.05, 3.63) is 29.8 Å². The third kappa shape index (κ3) is 4.35. The van der Waals surface area contributed by atoms with Crippen molar-refractivity contribution < 1.29 is 22.6 Å². The lowest BCUT2D eigenvalue weighted by atomic mass is 9.97. The third-order valence-electron chi connectivity index (χ3n) is 3.57. The van der Waals surface area contributed by atoms with E-state index in [1.165, 1.54) is 12.1 Å². The van der Waals surface area contributed by atoms with Gasteiger partial charge in [-0.1, -0.05) is 18.2 Å². The fourth-order valence-corrected chi connectivity index (χ4v) is 2.57. The minimum Gasteiger partial charge on any atom is -0.405 e. The average molecular weight is 303 g/mol. The van der Waals surface area contributed by atoms with Gasteiger partial charge in [-0.15, -0.1) is 13.2 Å². The maximum Gasteiger partial charge on any atom is 0.573 e. The van der Waals surface area contributed by atoms with Crippen molar-refractivity contribution in [2.45, 2.75) is 38.3 Å². The smallest absolute Gasteiger partial charge is 0.405 e. The second kappa shape index (κ2) is 6.66. The van der Waals surface area contributed by atoms with Gasteiger partial charge in [0.25, 0.3) is 0 Å². The topological polar surface area (TPSA) is 30.5 Å². The van der Waals surface area contributed by atoms with Gasteiger partial charge in [0, 0.05) is 12.2 Å². The maximum absolute atomic E-state index is 12.5. The van der Waals surface area contributed by atoms with Crippen LogP contribution in [0.3, 0.4) is 0 Å². The zero-order valence-corrected chi connectivity index (χ0v) is 12.1. The first-order valence-electron chi connectivity index (χ1n) is 7.09. The second-order valence-corrected chi connectivity index (χ2v) is 5.11. The largest absolute Gasteiger partial charge is 0.573 e. The highest BCUT2D eigenvalue weighted by Gasteiger charge is 2.39. The molecule has 2 rings (SSSR count). The Balaban J connectivity index is 2.28. The van der Waals surface area contributed by atoms with E-state index < -0.39 is 6.36 Å². The number of ether oxygens (including phenoxy) is 2. The molecule has 1 N–H and O–H groups in total. The number of benzene rings is 1. The maximum atomic E-state index is 12.5. The highest BCUT2D eigenvalue weighted by atomic mass is 19.4. The number of likely N-dealkylation sites (N-methyl/N-ethyl adjacent to an activating group) is 1. The highest BCUT2D eigenvalue weighted by Crippen LogP contribution is 2.42. The summed E-state index contributed by atoms with van der Waals surface area (Å²) in [4.78, 5) is 0. The number of alkyl halides is 3. The number of rotatable bonds is 7. The summed E-state index contributed by atoms with van der Waals surface area (Å²) in [5.74, 6) is 0.219. The Hall–Kier alpha value is -1.27. The molecular formula is C15H20F3NO2. The molecule has 0 saturated heterocycles. The minimum atomic E-state index is -4.70. The lowest BCUT2D eigenvalue weighted by Gasteiger charge is -2.28. The van der Waals surface area contributed by atoms with Gasteiger partial charge >= 0.3 is 6.36 Å². The molecule has 1 aliphatic carbocycles. The molecule has 1 aromatic rings. The second-order valence-electron chi connectivity index (χ2n) is 5.11. The minimum absolute atomic E-state index is 0.141. The van der Waals surface area contributed by atoms with Crippen LogP contribution in [0.5, 0.6) is 5.75 Å². The van der Waals surface area contributed by atoms with Gasteiger partial charge in [-0.05, 0) is 38.8 Å². The van der Waals surface area contributed by atoms with Crippen LogP contribution < -0.4 is 10.1 Å². The van der Waals surface area contributed by atoms with Crippen molar-refractivity contribution in [1.29, 1.82) is 0 Å². The van der Waals surface area contributed by atoms with E-state index in [-0.39, 0.29) is 17.9 Å². The summed E-state index contributed by atoms with van der Waals surface area (Å²) >= 11 is 0. The van der Waals surface area contributed by atoms with Crippen LogP contribution in [0, 0.1) is 5.92 Å². The van der Waals surface area contributed by atoms with E-state index in [1.807, 2.05) is 6.92 Å². The highest BCUT2D eigenvalue weighted by molar-refractivity contribution is 5.37. The summed E-state index contributed by atoms with van der Waals surface area (Å²) in [7, 11) is 1.73. The quantitative estimate of drug-likeness (QED) is 0.834. The first kappa shape index (κ1) is 16.1. The third-order valence-corrected chi connectivity index (χ3v) is 3.57. The van der Waals surface area contributed by atoms with Gasteiger partial charge < -0.3 is 14.8 Å². The predicted molar refractivity (Wildman–Crippen MR) is 73.1 cm³/mol. The summed E-state index contributed by atoms with van der Waals surface area (Å²) in [6, 6.07) is 5.90. The number of para-hydroxylation sites is 1. The normalized spacial score (nSPS) is 18.3. The van der Waals surface area contributed by atoms with Gasteiger partial charge in [-0.2, -0.15) is 0 Å². The van der Waals surface area contributed by atoms with Crippen LogP contribution in [-0.2, 0) is 4.74 Å². The molecule has 118 valence electrons. The van der Waals surface area contributed by atoms with Crippen molar-refractivity contribution >= 4 is 0 Å². The summed E-state index contributed by atoms with van der Waals surface area (Å²) in [5, 5.41) is 3.08. The van der Waals surface area contributed by atoms with E-state index in [1.54, 1.807) is 19.2 Å². The molecule has 0 amide bonds. The van der Waals surface area contributed by atoms with Gasteiger partial charge in [0.1, 0.15) is 5.75 Å². The molecule has 21 heavy (non-hydrogen) atoms. The lowest BCUT2D eigenvalue weighted by molar-refractivity contribution is -0.275. The molecule has 1 saturated carbocycles. The molecule has 6 heteroatoms. The number of halogens is 3. The van der Waals surface area contributed by atoms with Crippen LogP contribution in [0.25, 0.3) is 0 Å². The van der Waals surface area contributed by atoms with Crippen LogP contribution in [0.15, 0.2) is 24.3 Å². The number of hydrogen-bond donors (Lipinski definition) is 1. The Morgan fingerprint density at radius 1 is 1.29 bits per heavy atom. The average Bonchev–Trinajstić information content (AvgIpc) is 3.23. The molecule has 0 aromatic heterocycles. The Bertz CT molecular complexity index is 460. The Labute approximate surface area is 122 Å². The molecule has 1 aromatic carbocycles. The van der Waals surface area contributed by atoms with Crippen LogP contribution in [0.1, 0.15) is 31.4 Å². The molecular weight excluding hydrogens is 283 g/mol. The van der Waals surface area contributed by atoms with Gasteiger partial charge in [-0.25, -0.2) is 0 Å². The van der Waals surface area contributed by atoms with Crippen molar-refractivity contribution in [2.75, 3.05) is 13.7 Å². The summed E-state index contributed by atoms with van der Waals surface area (Å²) < 4.78 is 47.5. The molecule has 0 aliphatic heterocycles. The molecule has 1 aliphatic rings. The molecule has 3 nitrogen and oxygen atoms in total. The van der Waals surface area contributed by atoms with Crippen LogP contribution in [0.2, 0.25) is 0 Å². The molecule has 0 radical (unpaired) electrons. The number of nitrogens with one attached hydrogen (secondary N) is 1. The fourth-order valence-electron chi connectivity index (χ4n) is 2.57. The SMILES string of the molecule is CCOC(C1CC1)C(NC)c1ccccc1OC(F)(F)F. The Morgan fingerprint density at radius 2 is 1.95 bits per heavy atom. The zero-order valence-electron chi connectivity index (χ0n) is 12.1. The fraction of sp³-hybridized carbons (Fsp3) is 0.600. The van der Waals surface area contributed by atoms with Crippen molar-refractivity contribution in [2.24, 2.45) is 5.92 Å². The lowest BCUT2D eigenvalue weighted by Crippen LogP contribution is -2.34. The van der Waals surface area contributed by atoms with Gasteiger partial charge in [0.05, 0.1) is 12.1 Å². The molecule has 0 heterocycles. The van der Waals surface area contributed by atoms with Crippen molar-refractivity contribution in [3.8, 4) is 5.75 Å². The zero-order chi connectivity index (χ0) is 15.5. The first-order chi connectivity index (χ1) is 9.96. The molecule has 2 atom stereocenters. The van der Waals surface area contributed by atoms with Crippen molar-refractivity contribution in [1.82, 2.24) is 5.32 Å². The molecule has 2 unspecified atom stereocenters. The Kier molecular flexibility index (Phi) is 5.11. The van der Waals surface area contributed by atoms with Gasteiger partial charge in [0.2, 0.25) is 0 Å². The standard InChI is InChI=1S/C15H20F3NO2/c1-3-20-14(10-8-9-10)13(19-2)11-6-4-5-7-12(11)21-15(16,17)18/h4-7,10,13-14,19H,3,8-9H2,1-2H3. The predicted octanol–water partition coefficient (Wildman–Crippen LogP) is 3.66. The monoisotopic (exact) mass is 303 g/mol. The Morgan fingerprint density at radius 3 is 2.48 bits per heavy atom. The summed E-state index contributed by atoms with van der Waals surface area (Å²) in [6.07, 6.45) is -2.75. The first-order valence-corrected chi connectivity index (χ1v) is 7.09. The van der Waals surface area contributed by atoms with E-state index in [0.717, 1.165) is 12.8 Å². The summed E-state index contributed by atoms with van der Waals surface area (Å²) in [5.41, 5.74) is 0.475. The van der Waals surface area contributed by atoms with Crippen LogP contribution >= 0.6 is 0 Å². The van der Waals surface area contributed by atoms with Crippen LogP contribution in [0.4, 0.5) is 13.2 Å².